The van der Waals surface area contributed by atoms with Gasteiger partial charge in [0.05, 0.1) is 28.3 Å². The van der Waals surface area contributed by atoms with Gasteiger partial charge in [0.15, 0.2) is 0 Å². The fourth-order valence-corrected chi connectivity index (χ4v) is 4.30. The number of rotatable bonds is 5. The van der Waals surface area contributed by atoms with Crippen LogP contribution in [0.1, 0.15) is 46.5 Å². The van der Waals surface area contributed by atoms with E-state index in [1.165, 1.54) is 19.1 Å². The number of carbonyl (C=O) groups excluding carboxylic acids is 1. The molecule has 0 N–H and O–H groups in total. The Balaban J connectivity index is 0.00000304. The Kier molecular flexibility index (Phi) is 8.08. The van der Waals surface area contributed by atoms with E-state index in [4.69, 9.17) is 16.3 Å². The molecule has 0 amide bonds. The summed E-state index contributed by atoms with van der Waals surface area (Å²) in [7, 11) is 0. The van der Waals surface area contributed by atoms with Crippen LogP contribution >= 0.6 is 11.6 Å². The number of aliphatic carboxylic acids is 1. The van der Waals surface area contributed by atoms with E-state index in [1.807, 2.05) is 72.8 Å². The summed E-state index contributed by atoms with van der Waals surface area (Å²) in [5, 5.41) is 12.1. The Morgan fingerprint density at radius 3 is 2.56 bits per heavy atom. The van der Waals surface area contributed by atoms with Crippen molar-refractivity contribution in [1.29, 1.82) is 0 Å². The van der Waals surface area contributed by atoms with Gasteiger partial charge >= 0.3 is 29.6 Å². The minimum absolute atomic E-state index is 0. The van der Waals surface area contributed by atoms with Crippen LogP contribution in [-0.2, 0) is 9.53 Å². The van der Waals surface area contributed by atoms with Crippen molar-refractivity contribution in [1.82, 2.24) is 4.98 Å². The summed E-state index contributed by atoms with van der Waals surface area (Å²) in [5.41, 5.74) is 5.84. The minimum Gasteiger partial charge on any atom is -0.547 e. The van der Waals surface area contributed by atoms with E-state index in [2.05, 4.69) is 4.98 Å². The molecule has 2 atom stereocenters. The molecule has 0 saturated heterocycles. The van der Waals surface area contributed by atoms with Crippen molar-refractivity contribution in [3.8, 4) is 0 Å². The van der Waals surface area contributed by atoms with E-state index < -0.39 is 24.0 Å². The van der Waals surface area contributed by atoms with Gasteiger partial charge in [-0.3, -0.25) is 0 Å². The Hall–Kier alpha value is -2.80. The third-order valence-corrected chi connectivity index (χ3v) is 6.28. The number of hydrogen-bond donors (Lipinski definition) is 0. The second kappa shape index (κ2) is 11.1. The number of fused-ring (bicyclic) bond motifs is 3. The number of carboxylic acid groups (broad SMARTS) is 1. The molecule has 0 aliphatic heterocycles. The number of aromatic nitrogens is 1. The van der Waals surface area contributed by atoms with E-state index in [0.717, 1.165) is 27.8 Å². The molecule has 0 bridgehead atoms. The first kappa shape index (κ1) is 26.3. The maximum Gasteiger partial charge on any atom is 1.00 e. The minimum atomic E-state index is -1.26. The molecule has 0 saturated carbocycles. The predicted octanol–water partition coefficient (Wildman–Crippen LogP) is 2.93. The Morgan fingerprint density at radius 2 is 1.78 bits per heavy atom. The zero-order valence-electron chi connectivity index (χ0n) is 19.7. The zero-order chi connectivity index (χ0) is 24.5. The molecule has 4 nitrogen and oxygen atoms in total. The molecule has 174 valence electrons. The summed E-state index contributed by atoms with van der Waals surface area (Å²) in [4.78, 5) is 16.0. The summed E-state index contributed by atoms with van der Waals surface area (Å²) in [6, 6.07) is 20.2. The van der Waals surface area contributed by atoms with Crippen LogP contribution in [0.3, 0.4) is 0 Å². The van der Waals surface area contributed by atoms with Gasteiger partial charge in [0, 0.05) is 5.39 Å². The van der Waals surface area contributed by atoms with Crippen LogP contribution in [0.15, 0.2) is 66.7 Å². The molecule has 0 spiro atoms. The van der Waals surface area contributed by atoms with Crippen molar-refractivity contribution in [2.75, 3.05) is 0 Å². The van der Waals surface area contributed by atoms with Gasteiger partial charge in [-0.25, -0.2) is 9.37 Å². The summed E-state index contributed by atoms with van der Waals surface area (Å²) in [6.07, 6.45) is 6.12. The second-order valence-corrected chi connectivity index (χ2v) is 8.76. The van der Waals surface area contributed by atoms with Crippen LogP contribution in [0.4, 0.5) is 4.39 Å². The summed E-state index contributed by atoms with van der Waals surface area (Å²) in [6.45, 7) is 1.48. The van der Waals surface area contributed by atoms with Gasteiger partial charge in [0.2, 0.25) is 0 Å². The molecule has 1 heterocycles. The number of halogens is 2. The van der Waals surface area contributed by atoms with Crippen LogP contribution in [0, 0.1) is 5.82 Å². The molecule has 1 aliphatic carbocycles. The first-order valence-electron chi connectivity index (χ1n) is 11.1. The molecule has 1 aliphatic rings. The quantitative estimate of drug-likeness (QED) is 0.390. The zero-order valence-corrected chi connectivity index (χ0v) is 22.5. The van der Waals surface area contributed by atoms with Gasteiger partial charge in [-0.05, 0) is 65.1 Å². The summed E-state index contributed by atoms with van der Waals surface area (Å²) < 4.78 is 19.7. The van der Waals surface area contributed by atoms with E-state index in [9.17, 15) is 14.3 Å². The van der Waals surface area contributed by atoms with Gasteiger partial charge in [-0.2, -0.15) is 0 Å². The molecule has 0 fully saturated rings. The van der Waals surface area contributed by atoms with Crippen LogP contribution < -0.4 is 34.7 Å². The van der Waals surface area contributed by atoms with Crippen molar-refractivity contribution in [2.45, 2.75) is 19.1 Å². The van der Waals surface area contributed by atoms with Gasteiger partial charge in [0.25, 0.3) is 0 Å². The third kappa shape index (κ3) is 5.46. The molecule has 7 heteroatoms. The summed E-state index contributed by atoms with van der Waals surface area (Å²) >= 11 is 5.91. The normalized spacial score (nSPS) is 15.1. The number of ether oxygens (including phenoxy) is 1. The Bertz CT molecular complexity index is 1520. The van der Waals surface area contributed by atoms with Crippen molar-refractivity contribution in [3.63, 3.8) is 0 Å². The topological polar surface area (TPSA) is 62.2 Å². The molecule has 1 unspecified atom stereocenters. The number of nitrogens with zero attached hydrogens (tertiary/aromatic N) is 1. The predicted molar refractivity (Wildman–Crippen MR) is 135 cm³/mol. The number of pyridine rings is 1. The molecule has 1 aromatic heterocycles. The number of carbonyl (C=O) groups is 1. The van der Waals surface area contributed by atoms with Crippen LogP contribution in [0.25, 0.3) is 35.2 Å². The van der Waals surface area contributed by atoms with Gasteiger partial charge in [-0.1, -0.05) is 72.3 Å². The van der Waals surface area contributed by atoms with Crippen molar-refractivity contribution >= 4 is 52.8 Å². The molecule has 5 rings (SSSR count). The molecule has 3 aromatic carbocycles. The summed E-state index contributed by atoms with van der Waals surface area (Å²) in [5.74, 6) is -1.74. The third-order valence-electron chi connectivity index (χ3n) is 5.99. The average Bonchev–Trinajstić information content (AvgIpc) is 3.00. The maximum absolute atomic E-state index is 13.7. The fourth-order valence-electron chi connectivity index (χ4n) is 4.14. The maximum atomic E-state index is 13.7. The van der Waals surface area contributed by atoms with Crippen LogP contribution in [0.2, 0.25) is 5.02 Å². The van der Waals surface area contributed by atoms with E-state index in [0.29, 0.717) is 16.6 Å². The van der Waals surface area contributed by atoms with Crippen LogP contribution in [-0.4, -0.2) is 17.1 Å². The number of hydrogen-bond acceptors (Lipinski definition) is 4. The largest absolute Gasteiger partial charge is 1.00 e. The second-order valence-electron chi connectivity index (χ2n) is 8.36. The molecule has 0 radical (unpaired) electrons. The average molecular weight is 508 g/mol. The standard InChI is InChI=1S/C29H21ClFNO3.Na/c1-17(29(33)34)35-28-23-5-3-2-4-19(23)9-10-20-8-6-18(14-24(20)28)7-12-22-13-11-21-15-26(31)25(30)16-27(21)32-22;/h2-17,28H,1H3,(H,33,34);/q;+1/p-1/b12-7+;/t17?,28-;/m0./s1. The van der Waals surface area contributed by atoms with Crippen molar-refractivity contribution in [3.05, 3.63) is 111 Å². The van der Waals surface area contributed by atoms with E-state index >= 15 is 0 Å². The Labute approximate surface area is 235 Å². The monoisotopic (exact) mass is 507 g/mol. The van der Waals surface area contributed by atoms with Crippen molar-refractivity contribution < 1.29 is 48.6 Å². The first-order valence-corrected chi connectivity index (χ1v) is 11.5. The molecule has 4 aromatic rings. The van der Waals surface area contributed by atoms with E-state index in [1.54, 1.807) is 6.07 Å². The SMILES string of the molecule is CC(O[C@H]1c2ccccc2C=Cc2ccc(/C=C/c3ccc4cc(F)c(Cl)cc4n3)cc21)C(=O)[O-].[Na+]. The van der Waals surface area contributed by atoms with Gasteiger partial charge < -0.3 is 14.6 Å². The Morgan fingerprint density at radius 1 is 1.03 bits per heavy atom. The van der Waals surface area contributed by atoms with Gasteiger partial charge in [0.1, 0.15) is 11.9 Å². The first-order chi connectivity index (χ1) is 16.9. The number of carboxylic acids is 1. The van der Waals surface area contributed by atoms with Crippen molar-refractivity contribution in [2.24, 2.45) is 0 Å². The number of benzene rings is 3. The molecular formula is C29H20ClFNNaO3. The van der Waals surface area contributed by atoms with E-state index in [-0.39, 0.29) is 34.6 Å². The smallest absolute Gasteiger partial charge is 0.547 e. The van der Waals surface area contributed by atoms with Crippen LogP contribution in [0.5, 0.6) is 0 Å². The fraction of sp³-hybridized carbons (Fsp3) is 0.103. The molecule has 36 heavy (non-hydrogen) atoms. The molecular weight excluding hydrogens is 488 g/mol. The van der Waals surface area contributed by atoms with Gasteiger partial charge in [-0.15, -0.1) is 0 Å².